The molecule has 1 aliphatic rings. The number of fused-ring (bicyclic) bond motifs is 1. The highest BCUT2D eigenvalue weighted by Gasteiger charge is 2.14. The van der Waals surface area contributed by atoms with Gasteiger partial charge in [0.15, 0.2) is 0 Å². The van der Waals surface area contributed by atoms with Gasteiger partial charge in [-0.2, -0.15) is 5.10 Å². The molecule has 0 bridgehead atoms. The number of nitrogens with one attached hydrogen (secondary N) is 2. The lowest BCUT2D eigenvalue weighted by atomic mass is 9.97. The van der Waals surface area contributed by atoms with Crippen LogP contribution in [0.2, 0.25) is 0 Å². The minimum Gasteiger partial charge on any atom is -0.310 e. The van der Waals surface area contributed by atoms with Crippen molar-refractivity contribution in [1.82, 2.24) is 15.5 Å². The predicted molar refractivity (Wildman–Crippen MR) is 60.7 cm³/mol. The molecule has 1 fully saturated rings. The van der Waals surface area contributed by atoms with E-state index in [2.05, 4.69) is 33.7 Å². The summed E-state index contributed by atoms with van der Waals surface area (Å²) in [5.41, 5.74) is 2.52. The fraction of sp³-hybridized carbons (Fsp3) is 0.417. The Morgan fingerprint density at radius 2 is 2.27 bits per heavy atom. The highest BCUT2D eigenvalue weighted by molar-refractivity contribution is 5.78. The van der Waals surface area contributed by atoms with Crippen LogP contribution in [0.4, 0.5) is 0 Å². The molecule has 2 aromatic rings. The number of benzene rings is 1. The molecule has 2 heterocycles. The molecular formula is C12H15N3. The van der Waals surface area contributed by atoms with Crippen LogP contribution in [0.3, 0.4) is 0 Å². The SMILES string of the molecule is c1cc2cn[nH]c2cc1[C@@H]1CCCCN1. The Morgan fingerprint density at radius 1 is 1.27 bits per heavy atom. The molecule has 0 amide bonds. The number of rotatable bonds is 1. The topological polar surface area (TPSA) is 40.7 Å². The van der Waals surface area contributed by atoms with Crippen molar-refractivity contribution in [1.29, 1.82) is 0 Å². The van der Waals surface area contributed by atoms with Crippen LogP contribution in [0.5, 0.6) is 0 Å². The van der Waals surface area contributed by atoms with Gasteiger partial charge in [0.25, 0.3) is 0 Å². The number of aromatic amines is 1. The van der Waals surface area contributed by atoms with Gasteiger partial charge in [-0.05, 0) is 31.0 Å². The molecule has 0 aliphatic carbocycles. The van der Waals surface area contributed by atoms with Crippen LogP contribution in [0, 0.1) is 0 Å². The molecule has 2 N–H and O–H groups in total. The zero-order valence-electron chi connectivity index (χ0n) is 8.66. The van der Waals surface area contributed by atoms with Crippen molar-refractivity contribution < 1.29 is 0 Å². The van der Waals surface area contributed by atoms with Gasteiger partial charge in [0.05, 0.1) is 11.7 Å². The average molecular weight is 201 g/mol. The van der Waals surface area contributed by atoms with Crippen molar-refractivity contribution in [3.05, 3.63) is 30.0 Å². The van der Waals surface area contributed by atoms with E-state index in [1.165, 1.54) is 30.2 Å². The maximum absolute atomic E-state index is 4.04. The van der Waals surface area contributed by atoms with Crippen LogP contribution >= 0.6 is 0 Å². The minimum atomic E-state index is 0.534. The van der Waals surface area contributed by atoms with E-state index in [1.54, 1.807) is 0 Å². The summed E-state index contributed by atoms with van der Waals surface area (Å²) in [4.78, 5) is 0. The number of aromatic nitrogens is 2. The molecule has 3 rings (SSSR count). The molecule has 0 radical (unpaired) electrons. The highest BCUT2D eigenvalue weighted by atomic mass is 15.1. The number of hydrogen-bond acceptors (Lipinski definition) is 2. The monoisotopic (exact) mass is 201 g/mol. The molecule has 1 saturated heterocycles. The third-order valence-electron chi connectivity index (χ3n) is 3.18. The molecule has 1 aromatic carbocycles. The second kappa shape index (κ2) is 3.66. The Labute approximate surface area is 88.9 Å². The summed E-state index contributed by atoms with van der Waals surface area (Å²) in [6.45, 7) is 1.14. The van der Waals surface area contributed by atoms with Gasteiger partial charge in [0, 0.05) is 11.4 Å². The van der Waals surface area contributed by atoms with Crippen molar-refractivity contribution >= 4 is 10.9 Å². The second-order valence-electron chi connectivity index (χ2n) is 4.22. The van der Waals surface area contributed by atoms with Crippen LogP contribution in [0.25, 0.3) is 10.9 Å². The zero-order valence-corrected chi connectivity index (χ0v) is 8.66. The summed E-state index contributed by atoms with van der Waals surface area (Å²) in [5.74, 6) is 0. The van der Waals surface area contributed by atoms with Crippen LogP contribution in [0.1, 0.15) is 30.9 Å². The van der Waals surface area contributed by atoms with E-state index in [0.717, 1.165) is 12.1 Å². The average Bonchev–Trinajstić information content (AvgIpc) is 2.77. The van der Waals surface area contributed by atoms with Gasteiger partial charge in [-0.1, -0.05) is 18.6 Å². The number of nitrogens with zero attached hydrogens (tertiary/aromatic N) is 1. The molecule has 1 atom stereocenters. The third kappa shape index (κ3) is 1.63. The van der Waals surface area contributed by atoms with Crippen molar-refractivity contribution in [3.63, 3.8) is 0 Å². The van der Waals surface area contributed by atoms with Crippen LogP contribution < -0.4 is 5.32 Å². The zero-order chi connectivity index (χ0) is 10.1. The van der Waals surface area contributed by atoms with E-state index >= 15 is 0 Å². The van der Waals surface area contributed by atoms with Gasteiger partial charge < -0.3 is 5.32 Å². The lowest BCUT2D eigenvalue weighted by molar-refractivity contribution is 0.412. The smallest absolute Gasteiger partial charge is 0.0653 e. The predicted octanol–water partition coefficient (Wildman–Crippen LogP) is 2.38. The lowest BCUT2D eigenvalue weighted by Gasteiger charge is -2.23. The van der Waals surface area contributed by atoms with E-state index in [-0.39, 0.29) is 0 Å². The van der Waals surface area contributed by atoms with E-state index in [4.69, 9.17) is 0 Å². The Hall–Kier alpha value is -1.35. The molecular weight excluding hydrogens is 186 g/mol. The first-order chi connectivity index (χ1) is 7.43. The fourth-order valence-corrected chi connectivity index (χ4v) is 2.31. The maximum Gasteiger partial charge on any atom is 0.0653 e. The number of hydrogen-bond donors (Lipinski definition) is 2. The van der Waals surface area contributed by atoms with Crippen LogP contribution in [-0.2, 0) is 0 Å². The molecule has 0 unspecified atom stereocenters. The van der Waals surface area contributed by atoms with Crippen molar-refractivity contribution in [2.24, 2.45) is 0 Å². The third-order valence-corrected chi connectivity index (χ3v) is 3.18. The Morgan fingerprint density at radius 3 is 3.13 bits per heavy atom. The van der Waals surface area contributed by atoms with E-state index in [9.17, 15) is 0 Å². The van der Waals surface area contributed by atoms with Gasteiger partial charge in [-0.3, -0.25) is 5.10 Å². The van der Waals surface area contributed by atoms with Gasteiger partial charge in [-0.15, -0.1) is 0 Å². The highest BCUT2D eigenvalue weighted by Crippen LogP contribution is 2.25. The quantitative estimate of drug-likeness (QED) is 0.743. The fourth-order valence-electron chi connectivity index (χ4n) is 2.31. The molecule has 1 aliphatic heterocycles. The minimum absolute atomic E-state index is 0.534. The summed E-state index contributed by atoms with van der Waals surface area (Å²) in [6.07, 6.45) is 5.76. The Kier molecular flexibility index (Phi) is 2.18. The normalized spacial score (nSPS) is 22.0. The Balaban J connectivity index is 1.95. The molecule has 3 heteroatoms. The number of H-pyrrole nitrogens is 1. The second-order valence-corrected chi connectivity index (χ2v) is 4.22. The van der Waals surface area contributed by atoms with Crippen molar-refractivity contribution in [2.75, 3.05) is 6.54 Å². The van der Waals surface area contributed by atoms with Crippen molar-refractivity contribution in [2.45, 2.75) is 25.3 Å². The van der Waals surface area contributed by atoms with Gasteiger partial charge in [0.2, 0.25) is 0 Å². The molecule has 1 aromatic heterocycles. The van der Waals surface area contributed by atoms with Crippen LogP contribution in [-0.4, -0.2) is 16.7 Å². The molecule has 78 valence electrons. The maximum atomic E-state index is 4.04. The molecule has 3 nitrogen and oxygen atoms in total. The van der Waals surface area contributed by atoms with Gasteiger partial charge >= 0.3 is 0 Å². The summed E-state index contributed by atoms with van der Waals surface area (Å²) in [5, 5.41) is 11.8. The van der Waals surface area contributed by atoms with E-state index in [0.29, 0.717) is 6.04 Å². The summed E-state index contributed by atoms with van der Waals surface area (Å²) in [6, 6.07) is 7.10. The first kappa shape index (κ1) is 8.92. The molecule has 15 heavy (non-hydrogen) atoms. The largest absolute Gasteiger partial charge is 0.310 e. The first-order valence-electron chi connectivity index (χ1n) is 5.60. The van der Waals surface area contributed by atoms with Gasteiger partial charge in [0.1, 0.15) is 0 Å². The standard InChI is InChI=1S/C12H15N3/c1-2-6-13-11(3-1)9-4-5-10-8-14-15-12(10)7-9/h4-5,7-8,11,13H,1-3,6H2,(H,14,15)/t11-/m0/s1. The molecule has 0 spiro atoms. The first-order valence-corrected chi connectivity index (χ1v) is 5.60. The van der Waals surface area contributed by atoms with E-state index < -0.39 is 0 Å². The van der Waals surface area contributed by atoms with E-state index in [1.807, 2.05) is 6.20 Å². The number of piperidine rings is 1. The summed E-state index contributed by atoms with van der Waals surface area (Å²) < 4.78 is 0. The summed E-state index contributed by atoms with van der Waals surface area (Å²) in [7, 11) is 0. The van der Waals surface area contributed by atoms with Gasteiger partial charge in [-0.25, -0.2) is 0 Å². The lowest BCUT2D eigenvalue weighted by Crippen LogP contribution is -2.26. The van der Waals surface area contributed by atoms with Crippen molar-refractivity contribution in [3.8, 4) is 0 Å². The molecule has 0 saturated carbocycles. The Bertz CT molecular complexity index is 455. The van der Waals surface area contributed by atoms with Crippen LogP contribution in [0.15, 0.2) is 24.4 Å². The summed E-state index contributed by atoms with van der Waals surface area (Å²) >= 11 is 0.